The number of nitrogens with one attached hydrogen (secondary N) is 3. The molecule has 1 aromatic heterocycles. The third kappa shape index (κ3) is 3.46. The van der Waals surface area contributed by atoms with Crippen molar-refractivity contribution >= 4 is 34.4 Å². The minimum Gasteiger partial charge on any atom is -0.464 e. The predicted molar refractivity (Wildman–Crippen MR) is 105 cm³/mol. The molecule has 0 unspecified atom stereocenters. The molecule has 0 spiro atoms. The monoisotopic (exact) mass is 359 g/mol. The average Bonchev–Trinajstić information content (AvgIpc) is 3.28. The SMILES string of the molecule is CC(=O)Nc1ccc(NC=C2C(=O)Nc3cc(-c4ccco4)ccc32)cc1. The number of amides is 2. The van der Waals surface area contributed by atoms with Gasteiger partial charge in [0, 0.05) is 41.3 Å². The van der Waals surface area contributed by atoms with Crippen molar-refractivity contribution in [3.05, 3.63) is 72.6 Å². The zero-order valence-corrected chi connectivity index (χ0v) is 14.6. The summed E-state index contributed by atoms with van der Waals surface area (Å²) < 4.78 is 5.41. The van der Waals surface area contributed by atoms with Crippen LogP contribution in [-0.2, 0) is 9.59 Å². The summed E-state index contributed by atoms with van der Waals surface area (Å²) in [5.41, 5.74) is 4.57. The molecule has 0 fully saturated rings. The van der Waals surface area contributed by atoms with Gasteiger partial charge in [0.25, 0.3) is 5.91 Å². The van der Waals surface area contributed by atoms with Crippen LogP contribution in [0.1, 0.15) is 12.5 Å². The Bertz CT molecular complexity index is 1040. The average molecular weight is 359 g/mol. The van der Waals surface area contributed by atoms with Gasteiger partial charge in [0.05, 0.1) is 11.8 Å². The van der Waals surface area contributed by atoms with Gasteiger partial charge in [-0.25, -0.2) is 0 Å². The van der Waals surface area contributed by atoms with Gasteiger partial charge < -0.3 is 20.4 Å². The van der Waals surface area contributed by atoms with Crippen LogP contribution in [0.15, 0.2) is 71.5 Å². The molecule has 0 radical (unpaired) electrons. The fraction of sp³-hybridized carbons (Fsp3) is 0.0476. The van der Waals surface area contributed by atoms with Crippen LogP contribution in [0.25, 0.3) is 16.9 Å². The maximum absolute atomic E-state index is 12.3. The molecule has 6 heteroatoms. The molecule has 2 aromatic carbocycles. The van der Waals surface area contributed by atoms with Crippen molar-refractivity contribution in [3.8, 4) is 11.3 Å². The molecule has 2 amide bonds. The lowest BCUT2D eigenvalue weighted by Crippen LogP contribution is -2.06. The minimum absolute atomic E-state index is 0.119. The Hall–Kier alpha value is -3.80. The number of rotatable bonds is 4. The lowest BCUT2D eigenvalue weighted by molar-refractivity contribution is -0.114. The summed E-state index contributed by atoms with van der Waals surface area (Å²) in [6.07, 6.45) is 3.30. The molecule has 1 aliphatic rings. The molecule has 0 aliphatic carbocycles. The summed E-state index contributed by atoms with van der Waals surface area (Å²) in [4.78, 5) is 23.4. The fourth-order valence-corrected chi connectivity index (χ4v) is 2.94. The van der Waals surface area contributed by atoms with Gasteiger partial charge in [-0.15, -0.1) is 0 Å². The highest BCUT2D eigenvalue weighted by molar-refractivity contribution is 6.31. The van der Waals surface area contributed by atoms with E-state index in [4.69, 9.17) is 4.42 Å². The van der Waals surface area contributed by atoms with Crippen molar-refractivity contribution in [1.82, 2.24) is 0 Å². The summed E-state index contributed by atoms with van der Waals surface area (Å²) in [5, 5.41) is 8.72. The first-order valence-corrected chi connectivity index (χ1v) is 8.44. The van der Waals surface area contributed by atoms with E-state index in [-0.39, 0.29) is 11.8 Å². The van der Waals surface area contributed by atoms with Crippen LogP contribution in [0.3, 0.4) is 0 Å². The number of anilines is 3. The number of carbonyl (C=O) groups is 2. The van der Waals surface area contributed by atoms with Crippen LogP contribution in [0, 0.1) is 0 Å². The van der Waals surface area contributed by atoms with Crippen LogP contribution < -0.4 is 16.0 Å². The molecule has 0 atom stereocenters. The Balaban J connectivity index is 1.55. The summed E-state index contributed by atoms with van der Waals surface area (Å²) in [5.74, 6) is 0.469. The van der Waals surface area contributed by atoms with Gasteiger partial charge in [-0.3, -0.25) is 9.59 Å². The standard InChI is InChI=1S/C21H17N3O3/c1-13(25)23-16-7-5-15(6-8-16)22-12-18-17-9-4-14(20-3-2-10-27-20)11-19(17)24-21(18)26/h2-12,22H,1H3,(H,23,25)(H,24,26). The maximum Gasteiger partial charge on any atom is 0.257 e. The van der Waals surface area contributed by atoms with E-state index < -0.39 is 0 Å². The summed E-state index contributed by atoms with van der Waals surface area (Å²) >= 11 is 0. The van der Waals surface area contributed by atoms with Crippen molar-refractivity contribution in [3.63, 3.8) is 0 Å². The smallest absolute Gasteiger partial charge is 0.257 e. The number of furan rings is 1. The second kappa shape index (κ2) is 6.84. The van der Waals surface area contributed by atoms with Crippen LogP contribution in [-0.4, -0.2) is 11.8 Å². The molecular weight excluding hydrogens is 342 g/mol. The zero-order valence-electron chi connectivity index (χ0n) is 14.6. The van der Waals surface area contributed by atoms with Gasteiger partial charge in [-0.1, -0.05) is 12.1 Å². The van der Waals surface area contributed by atoms with Crippen molar-refractivity contribution < 1.29 is 14.0 Å². The predicted octanol–water partition coefficient (Wildman–Crippen LogP) is 4.31. The molecule has 3 N–H and O–H groups in total. The van der Waals surface area contributed by atoms with Crippen molar-refractivity contribution in [1.29, 1.82) is 0 Å². The van der Waals surface area contributed by atoms with E-state index in [9.17, 15) is 9.59 Å². The zero-order chi connectivity index (χ0) is 18.8. The van der Waals surface area contributed by atoms with Gasteiger partial charge in [0.2, 0.25) is 5.91 Å². The highest BCUT2D eigenvalue weighted by Gasteiger charge is 2.24. The van der Waals surface area contributed by atoms with E-state index in [1.165, 1.54) is 6.92 Å². The molecule has 3 aromatic rings. The van der Waals surface area contributed by atoms with Gasteiger partial charge in [-0.2, -0.15) is 0 Å². The van der Waals surface area contributed by atoms with Gasteiger partial charge >= 0.3 is 0 Å². The summed E-state index contributed by atoms with van der Waals surface area (Å²) in [6, 6.07) is 16.7. The Morgan fingerprint density at radius 1 is 1.07 bits per heavy atom. The molecule has 134 valence electrons. The van der Waals surface area contributed by atoms with E-state index in [1.807, 2.05) is 42.5 Å². The lowest BCUT2D eigenvalue weighted by Gasteiger charge is -2.05. The van der Waals surface area contributed by atoms with E-state index in [0.29, 0.717) is 5.57 Å². The third-order valence-electron chi connectivity index (χ3n) is 4.20. The number of hydrogen-bond acceptors (Lipinski definition) is 4. The number of benzene rings is 2. The van der Waals surface area contributed by atoms with Crippen molar-refractivity contribution in [2.45, 2.75) is 6.92 Å². The normalized spacial score (nSPS) is 14.0. The van der Waals surface area contributed by atoms with Gasteiger partial charge in [0.1, 0.15) is 5.76 Å². The topological polar surface area (TPSA) is 83.4 Å². The molecule has 2 heterocycles. The molecule has 1 aliphatic heterocycles. The number of carbonyl (C=O) groups excluding carboxylic acids is 2. The van der Waals surface area contributed by atoms with Crippen LogP contribution in [0.4, 0.5) is 17.1 Å². The maximum atomic E-state index is 12.3. The molecule has 6 nitrogen and oxygen atoms in total. The van der Waals surface area contributed by atoms with Gasteiger partial charge in [-0.05, 0) is 42.5 Å². The second-order valence-corrected chi connectivity index (χ2v) is 6.15. The molecule has 0 saturated carbocycles. The second-order valence-electron chi connectivity index (χ2n) is 6.15. The Morgan fingerprint density at radius 3 is 2.56 bits per heavy atom. The Labute approximate surface area is 155 Å². The third-order valence-corrected chi connectivity index (χ3v) is 4.20. The lowest BCUT2D eigenvalue weighted by atomic mass is 10.0. The quantitative estimate of drug-likeness (QED) is 0.606. The molecule has 0 bridgehead atoms. The summed E-state index contributed by atoms with van der Waals surface area (Å²) in [7, 11) is 0. The van der Waals surface area contributed by atoms with Gasteiger partial charge in [0.15, 0.2) is 0 Å². The first kappa shape index (κ1) is 16.7. The van der Waals surface area contributed by atoms with Crippen LogP contribution in [0.2, 0.25) is 0 Å². The van der Waals surface area contributed by atoms with E-state index in [2.05, 4.69) is 16.0 Å². The number of hydrogen-bond donors (Lipinski definition) is 3. The molecule has 27 heavy (non-hydrogen) atoms. The molecule has 4 rings (SSSR count). The Kier molecular flexibility index (Phi) is 4.22. The first-order valence-electron chi connectivity index (χ1n) is 8.44. The largest absolute Gasteiger partial charge is 0.464 e. The van der Waals surface area contributed by atoms with E-state index >= 15 is 0 Å². The first-order chi connectivity index (χ1) is 13.1. The van der Waals surface area contributed by atoms with Crippen LogP contribution in [0.5, 0.6) is 0 Å². The highest BCUT2D eigenvalue weighted by atomic mass is 16.3. The van der Waals surface area contributed by atoms with Crippen molar-refractivity contribution in [2.24, 2.45) is 0 Å². The van der Waals surface area contributed by atoms with E-state index in [1.54, 1.807) is 24.6 Å². The molecular formula is C21H17N3O3. The summed E-state index contributed by atoms with van der Waals surface area (Å²) in [6.45, 7) is 1.46. The Morgan fingerprint density at radius 2 is 1.85 bits per heavy atom. The minimum atomic E-state index is -0.163. The highest BCUT2D eigenvalue weighted by Crippen LogP contribution is 2.35. The molecule has 0 saturated heterocycles. The number of fused-ring (bicyclic) bond motifs is 1. The fourth-order valence-electron chi connectivity index (χ4n) is 2.94. The van der Waals surface area contributed by atoms with Crippen LogP contribution >= 0.6 is 0 Å². The van der Waals surface area contributed by atoms with E-state index in [0.717, 1.165) is 33.9 Å². The van der Waals surface area contributed by atoms with Crippen molar-refractivity contribution in [2.75, 3.05) is 16.0 Å².